The number of carboxylic acids is 1. The highest BCUT2D eigenvalue weighted by Crippen LogP contribution is 2.75. The topological polar surface area (TPSA) is 102 Å². The molecule has 1 heterocycles. The van der Waals surface area contributed by atoms with Gasteiger partial charge in [0.25, 0.3) is 0 Å². The van der Waals surface area contributed by atoms with E-state index >= 15 is 0 Å². The van der Waals surface area contributed by atoms with Crippen molar-refractivity contribution >= 4 is 17.9 Å². The van der Waals surface area contributed by atoms with E-state index in [1.165, 1.54) is 12.5 Å². The number of ether oxygens (including phenoxy) is 3. The monoisotopic (exact) mass is 629 g/mol. The van der Waals surface area contributed by atoms with Crippen molar-refractivity contribution in [1.82, 2.24) is 4.90 Å². The maximum Gasteiger partial charge on any atom is 0.320 e. The highest BCUT2D eigenvalue weighted by Gasteiger charge is 2.72. The van der Waals surface area contributed by atoms with Crippen LogP contribution in [0.2, 0.25) is 0 Å². The number of hydrogen-bond donors (Lipinski definition) is 1. The molecular formula is C37H59NO7. The second-order valence-electron chi connectivity index (χ2n) is 16.9. The van der Waals surface area contributed by atoms with Crippen LogP contribution in [0, 0.1) is 56.7 Å². The predicted octanol–water partition coefficient (Wildman–Crippen LogP) is 6.37. The number of carbonyl (C=O) groups excluding carboxylic acids is 2. The van der Waals surface area contributed by atoms with Crippen LogP contribution in [-0.4, -0.2) is 73.5 Å². The number of fused-ring (bicyclic) bond motifs is 3. The summed E-state index contributed by atoms with van der Waals surface area (Å²) in [5.74, 6) is -0.697. The zero-order chi connectivity index (χ0) is 33.3. The van der Waals surface area contributed by atoms with Gasteiger partial charge in [0.2, 0.25) is 0 Å². The zero-order valence-corrected chi connectivity index (χ0v) is 29.5. The fraction of sp³-hybridized carbons (Fsp3) is 0.865. The van der Waals surface area contributed by atoms with Crippen LogP contribution in [0.3, 0.4) is 0 Å². The Morgan fingerprint density at radius 3 is 2.33 bits per heavy atom. The Morgan fingerprint density at radius 2 is 1.73 bits per heavy atom. The van der Waals surface area contributed by atoms with E-state index in [0.29, 0.717) is 32.0 Å². The van der Waals surface area contributed by atoms with Gasteiger partial charge in [-0.05, 0) is 92.0 Å². The Hall–Kier alpha value is -1.93. The van der Waals surface area contributed by atoms with Crippen molar-refractivity contribution in [3.05, 3.63) is 11.6 Å². The minimum absolute atomic E-state index is 0.176. The standard InChI is InChI=1S/C37H59NO7/c1-11-38(10)19-29(40)45-31-27(44-24(5)39)18-37-21-43-20-34(31,7)28(37)13-12-25-26(37)14-15-36(9)30(32(41)42)33(6,23(4)22(2)3)16-17-35(25,36)8/h14,22-23,25,27-28,30-31H,11-13,15-21H2,1-10H3,(H,41,42)/t23-,25+,27-,28+,30-,31+,33-,34-,35-,36+,37+/m1/s1. The van der Waals surface area contributed by atoms with Crippen LogP contribution in [0.5, 0.6) is 0 Å². The summed E-state index contributed by atoms with van der Waals surface area (Å²) in [6.07, 6.45) is 6.28. The minimum Gasteiger partial charge on any atom is -0.481 e. The number of aliphatic carboxylic acids is 1. The van der Waals surface area contributed by atoms with E-state index in [4.69, 9.17) is 14.2 Å². The van der Waals surface area contributed by atoms with Crippen molar-refractivity contribution < 1.29 is 33.7 Å². The number of esters is 2. The molecule has 4 fully saturated rings. The van der Waals surface area contributed by atoms with Crippen molar-refractivity contribution in [2.75, 3.05) is 33.4 Å². The maximum atomic E-state index is 13.3. The van der Waals surface area contributed by atoms with Crippen LogP contribution >= 0.6 is 0 Å². The smallest absolute Gasteiger partial charge is 0.320 e. The molecule has 0 amide bonds. The summed E-state index contributed by atoms with van der Waals surface area (Å²) in [6, 6.07) is 0. The summed E-state index contributed by atoms with van der Waals surface area (Å²) in [7, 11) is 1.89. The summed E-state index contributed by atoms with van der Waals surface area (Å²) in [5, 5.41) is 10.9. The van der Waals surface area contributed by atoms with Crippen molar-refractivity contribution in [3.63, 3.8) is 0 Å². The lowest BCUT2D eigenvalue weighted by atomic mass is 9.34. The highest BCUT2D eigenvalue weighted by atomic mass is 16.6. The maximum absolute atomic E-state index is 13.3. The molecule has 8 nitrogen and oxygen atoms in total. The molecule has 1 aliphatic heterocycles. The quantitative estimate of drug-likeness (QED) is 0.244. The van der Waals surface area contributed by atoms with Gasteiger partial charge in [-0.1, -0.05) is 67.0 Å². The van der Waals surface area contributed by atoms with Crippen LogP contribution < -0.4 is 0 Å². The van der Waals surface area contributed by atoms with Crippen molar-refractivity contribution in [1.29, 1.82) is 0 Å². The zero-order valence-electron chi connectivity index (χ0n) is 29.5. The van der Waals surface area contributed by atoms with Gasteiger partial charge in [-0.15, -0.1) is 0 Å². The third-order valence-corrected chi connectivity index (χ3v) is 14.6. The average molecular weight is 630 g/mol. The number of likely N-dealkylation sites (N-methyl/N-ethyl adjacent to an activating group) is 1. The third-order valence-electron chi connectivity index (χ3n) is 14.6. The summed E-state index contributed by atoms with van der Waals surface area (Å²) < 4.78 is 18.8. The van der Waals surface area contributed by atoms with E-state index in [1.54, 1.807) is 0 Å². The van der Waals surface area contributed by atoms with Gasteiger partial charge in [0.1, 0.15) is 12.2 Å². The Kier molecular flexibility index (Phi) is 8.90. The van der Waals surface area contributed by atoms with Gasteiger partial charge in [-0.2, -0.15) is 0 Å². The molecule has 4 aliphatic carbocycles. The van der Waals surface area contributed by atoms with Crippen molar-refractivity contribution in [2.24, 2.45) is 56.7 Å². The fourth-order valence-electron chi connectivity index (χ4n) is 11.6. The molecule has 0 unspecified atom stereocenters. The SMILES string of the molecule is CCN(C)CC(=O)O[C@H]1[C@H](OC(C)=O)C[C@@]23COC[C@]1(C)[C@@H]2CC[C@H]1C3=CC[C@@]2(C)[C@H](C(=O)O)[C@@](C)([C@H](C)C(C)C)CC[C@]12C. The van der Waals surface area contributed by atoms with Crippen molar-refractivity contribution in [3.8, 4) is 0 Å². The van der Waals surface area contributed by atoms with E-state index in [9.17, 15) is 19.5 Å². The molecule has 11 atom stereocenters. The molecule has 0 spiro atoms. The second kappa shape index (κ2) is 11.6. The van der Waals surface area contributed by atoms with Crippen molar-refractivity contribution in [2.45, 2.75) is 113 Å². The molecule has 5 rings (SSSR count). The van der Waals surface area contributed by atoms with Gasteiger partial charge in [-0.25, -0.2) is 0 Å². The third kappa shape index (κ3) is 5.01. The fourth-order valence-corrected chi connectivity index (χ4v) is 11.6. The van der Waals surface area contributed by atoms with E-state index in [0.717, 1.165) is 32.2 Å². The number of carbonyl (C=O) groups is 3. The number of nitrogens with zero attached hydrogens (tertiary/aromatic N) is 1. The Morgan fingerprint density at radius 1 is 1.04 bits per heavy atom. The molecule has 0 aromatic carbocycles. The van der Waals surface area contributed by atoms with Crippen LogP contribution in [0.15, 0.2) is 11.6 Å². The number of hydrogen-bond acceptors (Lipinski definition) is 7. The molecule has 2 bridgehead atoms. The van der Waals surface area contributed by atoms with Gasteiger partial charge in [0, 0.05) is 17.8 Å². The first kappa shape index (κ1) is 34.4. The van der Waals surface area contributed by atoms with Crippen LogP contribution in [0.4, 0.5) is 0 Å². The second-order valence-corrected chi connectivity index (χ2v) is 16.9. The van der Waals surface area contributed by atoms with Crippen LogP contribution in [0.25, 0.3) is 0 Å². The summed E-state index contributed by atoms with van der Waals surface area (Å²) >= 11 is 0. The van der Waals surface area contributed by atoms with E-state index < -0.39 is 34.9 Å². The lowest BCUT2D eigenvalue weighted by Gasteiger charge is -2.71. The first-order chi connectivity index (χ1) is 20.9. The molecule has 1 N–H and O–H groups in total. The van der Waals surface area contributed by atoms with Gasteiger partial charge in [0.15, 0.2) is 0 Å². The molecule has 1 saturated heterocycles. The number of allylic oxidation sites excluding steroid dienone is 1. The first-order valence-corrected chi connectivity index (χ1v) is 17.5. The number of carboxylic acid groups (broad SMARTS) is 1. The minimum atomic E-state index is -0.665. The Bertz CT molecular complexity index is 1230. The number of rotatable bonds is 8. The Labute approximate surface area is 271 Å². The predicted molar refractivity (Wildman–Crippen MR) is 172 cm³/mol. The molecule has 3 saturated carbocycles. The molecule has 45 heavy (non-hydrogen) atoms. The van der Waals surface area contributed by atoms with Gasteiger partial charge >= 0.3 is 17.9 Å². The molecule has 8 heteroatoms. The first-order valence-electron chi connectivity index (χ1n) is 17.5. The lowest BCUT2D eigenvalue weighted by molar-refractivity contribution is -0.263. The molecule has 254 valence electrons. The summed E-state index contributed by atoms with van der Waals surface area (Å²) in [6.45, 7) is 21.1. The normalized spacial score (nSPS) is 44.6. The molecule has 0 radical (unpaired) electrons. The van der Waals surface area contributed by atoms with E-state index in [-0.39, 0.29) is 52.5 Å². The summed E-state index contributed by atoms with van der Waals surface area (Å²) in [5.41, 5.74) is -0.397. The van der Waals surface area contributed by atoms with E-state index in [2.05, 4.69) is 54.5 Å². The summed E-state index contributed by atoms with van der Waals surface area (Å²) in [4.78, 5) is 40.9. The van der Waals surface area contributed by atoms with Crippen LogP contribution in [0.1, 0.15) is 101 Å². The highest BCUT2D eigenvalue weighted by molar-refractivity contribution is 5.73. The largest absolute Gasteiger partial charge is 0.481 e. The van der Waals surface area contributed by atoms with Gasteiger partial charge in [0.05, 0.1) is 25.7 Å². The Balaban J connectivity index is 1.57. The van der Waals surface area contributed by atoms with Crippen LogP contribution in [-0.2, 0) is 28.6 Å². The lowest BCUT2D eigenvalue weighted by Crippen LogP contribution is -2.70. The van der Waals surface area contributed by atoms with Gasteiger partial charge in [-0.3, -0.25) is 19.3 Å². The average Bonchev–Trinajstić information content (AvgIpc) is 2.94. The molecule has 0 aromatic heterocycles. The molecule has 5 aliphatic rings. The molecular weight excluding hydrogens is 570 g/mol. The van der Waals surface area contributed by atoms with Gasteiger partial charge < -0.3 is 19.3 Å². The van der Waals surface area contributed by atoms with E-state index in [1.807, 2.05) is 18.9 Å². The molecule has 0 aromatic rings.